The van der Waals surface area contributed by atoms with E-state index in [2.05, 4.69) is 56.9 Å². The van der Waals surface area contributed by atoms with Gasteiger partial charge >= 0.3 is 137 Å². The van der Waals surface area contributed by atoms with E-state index < -0.39 is 14.7 Å². The van der Waals surface area contributed by atoms with Gasteiger partial charge < -0.3 is 0 Å². The standard InChI is InChI=1S/C16H24AsN5/c1-17(2)7-8-22(3)11-13-5-4-6-14(9-13)21-16-10-15(18)19-12-20-16/h4-6,9-10,12H,7-8,11H2,1-3H3,(H3,18,19,20,21). The fourth-order valence-corrected chi connectivity index (χ4v) is 3.65. The number of aromatic nitrogens is 2. The number of rotatable bonds is 7. The van der Waals surface area contributed by atoms with E-state index in [-0.39, 0.29) is 0 Å². The molecule has 118 valence electrons. The van der Waals surface area contributed by atoms with E-state index >= 15 is 0 Å². The predicted molar refractivity (Wildman–Crippen MR) is 94.8 cm³/mol. The zero-order chi connectivity index (χ0) is 15.9. The van der Waals surface area contributed by atoms with E-state index in [1.807, 2.05) is 6.07 Å². The van der Waals surface area contributed by atoms with Crippen molar-refractivity contribution in [2.24, 2.45) is 0 Å². The minimum atomic E-state index is -0.537. The quantitative estimate of drug-likeness (QED) is 0.742. The van der Waals surface area contributed by atoms with E-state index in [4.69, 9.17) is 5.73 Å². The average molecular weight is 361 g/mol. The molecule has 0 unspecified atom stereocenters. The summed E-state index contributed by atoms with van der Waals surface area (Å²) in [6, 6.07) is 10.1. The molecule has 0 aliphatic carbocycles. The molecule has 0 saturated heterocycles. The predicted octanol–water partition coefficient (Wildman–Crippen LogP) is 2.99. The van der Waals surface area contributed by atoms with Crippen LogP contribution >= 0.6 is 0 Å². The average Bonchev–Trinajstić information content (AvgIpc) is 2.45. The Hall–Kier alpha value is -1.58. The first-order valence-electron chi connectivity index (χ1n) is 7.29. The monoisotopic (exact) mass is 361 g/mol. The van der Waals surface area contributed by atoms with Crippen LogP contribution in [0.2, 0.25) is 16.6 Å². The van der Waals surface area contributed by atoms with Gasteiger partial charge in [-0.25, -0.2) is 0 Å². The van der Waals surface area contributed by atoms with Gasteiger partial charge in [-0.1, -0.05) is 0 Å². The van der Waals surface area contributed by atoms with Crippen molar-refractivity contribution in [2.45, 2.75) is 23.2 Å². The fraction of sp³-hybridized carbons (Fsp3) is 0.375. The SMILES string of the molecule is CN(CC[As](C)C)Cc1cccc(Nc2cc(N)ncn2)c1. The van der Waals surface area contributed by atoms with Crippen molar-refractivity contribution < 1.29 is 0 Å². The van der Waals surface area contributed by atoms with Crippen molar-refractivity contribution >= 4 is 32.0 Å². The van der Waals surface area contributed by atoms with Crippen molar-refractivity contribution in [2.75, 3.05) is 24.6 Å². The Labute approximate surface area is 137 Å². The molecule has 0 radical (unpaired) electrons. The van der Waals surface area contributed by atoms with Gasteiger partial charge in [0.25, 0.3) is 0 Å². The normalized spacial score (nSPS) is 11.1. The van der Waals surface area contributed by atoms with Gasteiger partial charge in [0.2, 0.25) is 0 Å². The molecule has 0 spiro atoms. The molecule has 1 heterocycles. The third-order valence-electron chi connectivity index (χ3n) is 3.27. The third-order valence-corrected chi connectivity index (χ3v) is 5.57. The first-order valence-corrected chi connectivity index (χ1v) is 12.4. The van der Waals surface area contributed by atoms with Crippen LogP contribution in [0.15, 0.2) is 36.7 Å². The van der Waals surface area contributed by atoms with Crippen LogP contribution in [0.3, 0.4) is 0 Å². The Morgan fingerprint density at radius 3 is 2.77 bits per heavy atom. The molecule has 0 fully saturated rings. The summed E-state index contributed by atoms with van der Waals surface area (Å²) in [7, 11) is 2.18. The molecule has 2 rings (SSSR count). The summed E-state index contributed by atoms with van der Waals surface area (Å²) in [5.41, 5.74) is 12.8. The molecule has 22 heavy (non-hydrogen) atoms. The third kappa shape index (κ3) is 5.66. The van der Waals surface area contributed by atoms with Crippen LogP contribution in [0.25, 0.3) is 0 Å². The molecular formula is C16H24AsN5. The van der Waals surface area contributed by atoms with E-state index in [1.54, 1.807) is 6.07 Å². The number of nitrogens with two attached hydrogens (primary N) is 1. The molecule has 2 aromatic rings. The van der Waals surface area contributed by atoms with E-state index in [0.29, 0.717) is 11.6 Å². The van der Waals surface area contributed by atoms with Crippen LogP contribution < -0.4 is 11.1 Å². The van der Waals surface area contributed by atoms with Gasteiger partial charge in [0.1, 0.15) is 0 Å². The van der Waals surface area contributed by atoms with Gasteiger partial charge in [0, 0.05) is 0 Å². The second-order valence-electron chi connectivity index (χ2n) is 5.69. The summed E-state index contributed by atoms with van der Waals surface area (Å²) >= 11 is -0.537. The molecule has 0 atom stereocenters. The fourth-order valence-electron chi connectivity index (χ4n) is 2.10. The summed E-state index contributed by atoms with van der Waals surface area (Å²) in [5.74, 6) is 1.18. The van der Waals surface area contributed by atoms with Crippen LogP contribution in [0.5, 0.6) is 0 Å². The first-order chi connectivity index (χ1) is 10.5. The molecule has 0 aliphatic rings. The molecular weight excluding hydrogens is 337 g/mol. The topological polar surface area (TPSA) is 67.1 Å². The molecule has 6 heteroatoms. The molecule has 0 saturated carbocycles. The Kier molecular flexibility index (Phi) is 6.22. The number of benzene rings is 1. The van der Waals surface area contributed by atoms with E-state index in [9.17, 15) is 0 Å². The Morgan fingerprint density at radius 2 is 2.05 bits per heavy atom. The van der Waals surface area contributed by atoms with Crippen LogP contribution in [0.1, 0.15) is 5.56 Å². The molecule has 0 bridgehead atoms. The summed E-state index contributed by atoms with van der Waals surface area (Å²) in [6.07, 6.45) is 1.46. The summed E-state index contributed by atoms with van der Waals surface area (Å²) < 4.78 is 0. The first kappa shape index (κ1) is 16.8. The van der Waals surface area contributed by atoms with Gasteiger partial charge in [0.05, 0.1) is 0 Å². The summed E-state index contributed by atoms with van der Waals surface area (Å²) in [5, 5.41) is 4.63. The van der Waals surface area contributed by atoms with Crippen molar-refractivity contribution in [1.29, 1.82) is 0 Å². The molecule has 0 aliphatic heterocycles. The molecule has 1 aromatic carbocycles. The summed E-state index contributed by atoms with van der Waals surface area (Å²) in [4.78, 5) is 10.4. The van der Waals surface area contributed by atoms with Crippen LogP contribution in [0, 0.1) is 0 Å². The molecule has 1 aromatic heterocycles. The van der Waals surface area contributed by atoms with Crippen LogP contribution in [0.4, 0.5) is 17.3 Å². The maximum absolute atomic E-state index is 5.67. The van der Waals surface area contributed by atoms with Gasteiger partial charge in [-0.2, -0.15) is 0 Å². The second-order valence-corrected chi connectivity index (χ2v) is 11.2. The van der Waals surface area contributed by atoms with Crippen LogP contribution in [-0.4, -0.2) is 43.1 Å². The molecule has 5 nitrogen and oxygen atoms in total. The minimum absolute atomic E-state index is 0.464. The number of nitrogens with one attached hydrogen (secondary N) is 1. The van der Waals surface area contributed by atoms with Crippen molar-refractivity contribution in [1.82, 2.24) is 14.9 Å². The Balaban J connectivity index is 1.97. The number of anilines is 3. The van der Waals surface area contributed by atoms with Crippen LogP contribution in [-0.2, 0) is 6.54 Å². The van der Waals surface area contributed by atoms with Gasteiger partial charge in [-0.05, 0) is 0 Å². The Bertz CT molecular complexity index is 603. The number of hydrogen-bond acceptors (Lipinski definition) is 5. The second kappa shape index (κ2) is 8.16. The maximum atomic E-state index is 5.67. The Morgan fingerprint density at radius 1 is 1.23 bits per heavy atom. The summed E-state index contributed by atoms with van der Waals surface area (Å²) in [6.45, 7) is 2.14. The van der Waals surface area contributed by atoms with Crippen molar-refractivity contribution in [3.63, 3.8) is 0 Å². The van der Waals surface area contributed by atoms with E-state index in [1.165, 1.54) is 23.6 Å². The number of nitrogen functional groups attached to an aromatic ring is 1. The van der Waals surface area contributed by atoms with E-state index in [0.717, 1.165) is 12.2 Å². The van der Waals surface area contributed by atoms with Crippen molar-refractivity contribution in [3.05, 3.63) is 42.2 Å². The number of nitrogens with zero attached hydrogens (tertiary/aromatic N) is 3. The van der Waals surface area contributed by atoms with Gasteiger partial charge in [-0.3, -0.25) is 0 Å². The van der Waals surface area contributed by atoms with Gasteiger partial charge in [-0.15, -0.1) is 0 Å². The zero-order valence-electron chi connectivity index (χ0n) is 13.5. The number of hydrogen-bond donors (Lipinski definition) is 2. The molecule has 3 N–H and O–H groups in total. The zero-order valence-corrected chi connectivity index (χ0v) is 15.3. The van der Waals surface area contributed by atoms with Gasteiger partial charge in [0.15, 0.2) is 0 Å². The molecule has 0 amide bonds. The van der Waals surface area contributed by atoms with Crippen molar-refractivity contribution in [3.8, 4) is 0 Å².